The molecular weight excluding hydrogens is 373 g/mol. The van der Waals surface area contributed by atoms with E-state index in [9.17, 15) is 0 Å². The molecule has 2 rings (SSSR count). The fraction of sp³-hybridized carbons (Fsp3) is 0.250. The van der Waals surface area contributed by atoms with Gasteiger partial charge < -0.3 is 10.1 Å². The average Bonchev–Trinajstić information content (AvgIpc) is 2.41. The summed E-state index contributed by atoms with van der Waals surface area (Å²) in [7, 11) is 0. The molecular formula is C16H16BrCl2NO. The van der Waals surface area contributed by atoms with E-state index in [-0.39, 0.29) is 0 Å². The van der Waals surface area contributed by atoms with Crippen molar-refractivity contribution in [3.63, 3.8) is 0 Å². The molecule has 2 nitrogen and oxygen atoms in total. The van der Waals surface area contributed by atoms with Crippen LogP contribution in [0.3, 0.4) is 0 Å². The molecule has 0 radical (unpaired) electrons. The summed E-state index contributed by atoms with van der Waals surface area (Å²) >= 11 is 15.5. The van der Waals surface area contributed by atoms with Crippen LogP contribution in [0.15, 0.2) is 40.9 Å². The van der Waals surface area contributed by atoms with Gasteiger partial charge in [-0.15, -0.1) is 0 Å². The first-order valence-corrected chi connectivity index (χ1v) is 8.15. The lowest BCUT2D eigenvalue weighted by Gasteiger charge is -2.15. The Morgan fingerprint density at radius 3 is 2.52 bits per heavy atom. The zero-order valence-electron chi connectivity index (χ0n) is 11.8. The van der Waals surface area contributed by atoms with Crippen molar-refractivity contribution >= 4 is 39.1 Å². The molecule has 0 aromatic heterocycles. The van der Waals surface area contributed by atoms with Crippen molar-refractivity contribution in [3.05, 3.63) is 56.5 Å². The lowest BCUT2D eigenvalue weighted by atomic mass is 10.2. The van der Waals surface area contributed by atoms with E-state index in [0.717, 1.165) is 22.3 Å². The summed E-state index contributed by atoms with van der Waals surface area (Å²) < 4.78 is 6.90. The Bertz CT molecular complexity index is 632. The molecule has 5 heteroatoms. The van der Waals surface area contributed by atoms with E-state index in [1.807, 2.05) is 18.2 Å². The SMILES string of the molecule is CC(C)NCc1ccc(Br)cc1Oc1ccc(Cl)cc1Cl. The summed E-state index contributed by atoms with van der Waals surface area (Å²) in [5.41, 5.74) is 1.07. The van der Waals surface area contributed by atoms with Crippen molar-refractivity contribution in [2.24, 2.45) is 0 Å². The van der Waals surface area contributed by atoms with Crippen LogP contribution in [0, 0.1) is 0 Å². The molecule has 0 saturated heterocycles. The monoisotopic (exact) mass is 387 g/mol. The summed E-state index contributed by atoms with van der Waals surface area (Å²) in [5, 5.41) is 4.46. The third-order valence-electron chi connectivity index (χ3n) is 2.84. The molecule has 1 N–H and O–H groups in total. The minimum absolute atomic E-state index is 0.403. The van der Waals surface area contributed by atoms with Crippen molar-refractivity contribution in [2.75, 3.05) is 0 Å². The maximum Gasteiger partial charge on any atom is 0.146 e. The molecule has 0 fully saturated rings. The minimum atomic E-state index is 0.403. The van der Waals surface area contributed by atoms with E-state index >= 15 is 0 Å². The highest BCUT2D eigenvalue weighted by molar-refractivity contribution is 9.10. The summed E-state index contributed by atoms with van der Waals surface area (Å²) in [6, 6.07) is 11.6. The molecule has 112 valence electrons. The van der Waals surface area contributed by atoms with Gasteiger partial charge in [0.05, 0.1) is 5.02 Å². The lowest BCUT2D eigenvalue weighted by Crippen LogP contribution is -2.22. The summed E-state index contributed by atoms with van der Waals surface area (Å²) in [6.45, 7) is 4.94. The zero-order valence-corrected chi connectivity index (χ0v) is 14.9. The van der Waals surface area contributed by atoms with Crippen molar-refractivity contribution in [3.8, 4) is 11.5 Å². The topological polar surface area (TPSA) is 21.3 Å². The summed E-state index contributed by atoms with van der Waals surface area (Å²) in [5.74, 6) is 1.35. The van der Waals surface area contributed by atoms with Crippen LogP contribution >= 0.6 is 39.1 Å². The Hall–Kier alpha value is -0.740. The first kappa shape index (κ1) is 16.6. The second-order valence-corrected chi connectivity index (χ2v) is 6.72. The average molecular weight is 389 g/mol. The third-order valence-corrected chi connectivity index (χ3v) is 3.87. The van der Waals surface area contributed by atoms with Gasteiger partial charge in [-0.2, -0.15) is 0 Å². The van der Waals surface area contributed by atoms with E-state index in [0.29, 0.717) is 21.8 Å². The van der Waals surface area contributed by atoms with Gasteiger partial charge in [0.2, 0.25) is 0 Å². The highest BCUT2D eigenvalue weighted by Crippen LogP contribution is 2.34. The molecule has 21 heavy (non-hydrogen) atoms. The molecule has 0 unspecified atom stereocenters. The van der Waals surface area contributed by atoms with Gasteiger partial charge >= 0.3 is 0 Å². The molecule has 0 aliphatic heterocycles. The highest BCUT2D eigenvalue weighted by Gasteiger charge is 2.09. The van der Waals surface area contributed by atoms with E-state index in [2.05, 4.69) is 35.1 Å². The van der Waals surface area contributed by atoms with Gasteiger partial charge in [-0.05, 0) is 30.3 Å². The summed E-state index contributed by atoms with van der Waals surface area (Å²) in [6.07, 6.45) is 0. The Labute approximate surface area is 143 Å². The normalized spacial score (nSPS) is 11.0. The van der Waals surface area contributed by atoms with E-state index in [1.165, 1.54) is 0 Å². The molecule has 0 aliphatic rings. The minimum Gasteiger partial charge on any atom is -0.455 e. The van der Waals surface area contributed by atoms with Gasteiger partial charge in [0.1, 0.15) is 11.5 Å². The van der Waals surface area contributed by atoms with Crippen LogP contribution in [0.25, 0.3) is 0 Å². The first-order valence-electron chi connectivity index (χ1n) is 6.60. The standard InChI is InChI=1S/C16H16BrCl2NO/c1-10(2)20-9-11-3-4-12(17)7-16(11)21-15-6-5-13(18)8-14(15)19/h3-8,10,20H,9H2,1-2H3. The predicted molar refractivity (Wildman–Crippen MR) is 92.7 cm³/mol. The maximum absolute atomic E-state index is 6.16. The number of nitrogens with one attached hydrogen (secondary N) is 1. The third kappa shape index (κ3) is 4.89. The Balaban J connectivity index is 2.27. The van der Waals surface area contributed by atoms with Crippen molar-refractivity contribution < 1.29 is 4.74 Å². The van der Waals surface area contributed by atoms with Crippen LogP contribution in [0.1, 0.15) is 19.4 Å². The molecule has 2 aromatic carbocycles. The van der Waals surface area contributed by atoms with Crippen LogP contribution < -0.4 is 10.1 Å². The molecule has 0 bridgehead atoms. The Morgan fingerprint density at radius 1 is 1.10 bits per heavy atom. The number of ether oxygens (including phenoxy) is 1. The fourth-order valence-corrected chi connectivity index (χ4v) is 2.55. The van der Waals surface area contributed by atoms with Gasteiger partial charge in [-0.25, -0.2) is 0 Å². The highest BCUT2D eigenvalue weighted by atomic mass is 79.9. The van der Waals surface area contributed by atoms with E-state index in [1.54, 1.807) is 18.2 Å². The quantitative estimate of drug-likeness (QED) is 0.673. The Kier molecular flexibility index (Phi) is 5.94. The lowest BCUT2D eigenvalue weighted by molar-refractivity contribution is 0.469. The van der Waals surface area contributed by atoms with Gasteiger partial charge in [-0.3, -0.25) is 0 Å². The van der Waals surface area contributed by atoms with Crippen LogP contribution in [0.5, 0.6) is 11.5 Å². The molecule has 0 atom stereocenters. The zero-order chi connectivity index (χ0) is 15.4. The first-order chi connectivity index (χ1) is 9.95. The van der Waals surface area contributed by atoms with Crippen molar-refractivity contribution in [1.29, 1.82) is 0 Å². The molecule has 0 aliphatic carbocycles. The molecule has 0 saturated carbocycles. The fourth-order valence-electron chi connectivity index (χ4n) is 1.76. The van der Waals surface area contributed by atoms with Crippen LogP contribution in [0.4, 0.5) is 0 Å². The van der Waals surface area contributed by atoms with Crippen LogP contribution in [0.2, 0.25) is 10.0 Å². The number of rotatable bonds is 5. The Morgan fingerprint density at radius 2 is 1.86 bits per heavy atom. The van der Waals surface area contributed by atoms with Gasteiger partial charge in [0, 0.05) is 27.6 Å². The number of hydrogen-bond donors (Lipinski definition) is 1. The van der Waals surface area contributed by atoms with Crippen molar-refractivity contribution in [2.45, 2.75) is 26.4 Å². The van der Waals surface area contributed by atoms with Gasteiger partial charge in [0.15, 0.2) is 0 Å². The van der Waals surface area contributed by atoms with E-state index < -0.39 is 0 Å². The molecule has 2 aromatic rings. The molecule has 0 amide bonds. The van der Waals surface area contributed by atoms with Gasteiger partial charge in [0.25, 0.3) is 0 Å². The largest absolute Gasteiger partial charge is 0.455 e. The van der Waals surface area contributed by atoms with E-state index in [4.69, 9.17) is 27.9 Å². The second kappa shape index (κ2) is 7.50. The number of benzene rings is 2. The second-order valence-electron chi connectivity index (χ2n) is 4.96. The van der Waals surface area contributed by atoms with Crippen molar-refractivity contribution in [1.82, 2.24) is 5.32 Å². The van der Waals surface area contributed by atoms with Crippen LogP contribution in [-0.2, 0) is 6.54 Å². The summed E-state index contributed by atoms with van der Waals surface area (Å²) in [4.78, 5) is 0. The molecule has 0 heterocycles. The number of halogens is 3. The number of hydrogen-bond acceptors (Lipinski definition) is 2. The maximum atomic E-state index is 6.16. The predicted octanol–water partition coefficient (Wildman–Crippen LogP) is 6.05. The van der Waals surface area contributed by atoms with Crippen LogP contribution in [-0.4, -0.2) is 6.04 Å². The van der Waals surface area contributed by atoms with Gasteiger partial charge in [-0.1, -0.05) is 59.0 Å². The molecule has 0 spiro atoms. The smallest absolute Gasteiger partial charge is 0.146 e.